The molecule has 0 unspecified atom stereocenters. The summed E-state index contributed by atoms with van der Waals surface area (Å²) in [5.74, 6) is -0.242. The lowest BCUT2D eigenvalue weighted by Crippen LogP contribution is -2.48. The van der Waals surface area contributed by atoms with Gasteiger partial charge in [0.1, 0.15) is 0 Å². The molecule has 100 valence electrons. The number of carbonyl (C=O) groups excluding carboxylic acids is 1. The lowest BCUT2D eigenvalue weighted by molar-refractivity contribution is -0.134. The average Bonchev–Trinajstić information content (AvgIpc) is 2.30. The van der Waals surface area contributed by atoms with Gasteiger partial charge in [-0.25, -0.2) is 4.79 Å². The molecule has 1 rings (SSSR count). The number of nitrogens with zero attached hydrogens (tertiary/aromatic N) is 4. The Morgan fingerprint density at radius 1 is 1.44 bits per heavy atom. The average molecular weight is 255 g/mol. The zero-order valence-electron chi connectivity index (χ0n) is 10.4. The maximum absolute atomic E-state index is 11.8. The van der Waals surface area contributed by atoms with Crippen LogP contribution in [0, 0.1) is 5.92 Å². The van der Waals surface area contributed by atoms with Crippen LogP contribution < -0.4 is 5.32 Å². The molecule has 0 saturated heterocycles. The molecule has 0 aromatic heterocycles. The molecule has 0 aromatic carbocycles. The van der Waals surface area contributed by atoms with E-state index in [0.29, 0.717) is 19.3 Å². The lowest BCUT2D eigenvalue weighted by atomic mass is 9.82. The number of carboxylic acid groups (broad SMARTS) is 1. The summed E-state index contributed by atoms with van der Waals surface area (Å²) < 4.78 is 0. The summed E-state index contributed by atoms with van der Waals surface area (Å²) in [5.41, 5.74) is 8.44. The second kappa shape index (κ2) is 6.11. The standard InChI is InChI=1S/C10H17N5O3/c1-15(2)9(16)6-3-4-7(13-14-11)8(5-6)12-10(17)18/h6-8,12H,3-5H2,1-2H3,(H,17,18)/t6-,7-,8+/m0/s1. The zero-order valence-corrected chi connectivity index (χ0v) is 10.4. The SMILES string of the molecule is CN(C)C(=O)[C@H]1CC[C@H](N=[N+]=[N-])[C@H](NC(=O)O)C1. The maximum atomic E-state index is 11.8. The summed E-state index contributed by atoms with van der Waals surface area (Å²) in [4.78, 5) is 26.7. The Bertz CT molecular complexity index is 378. The number of azide groups is 1. The van der Waals surface area contributed by atoms with E-state index in [2.05, 4.69) is 15.3 Å². The van der Waals surface area contributed by atoms with Gasteiger partial charge in [0.2, 0.25) is 5.91 Å². The van der Waals surface area contributed by atoms with Crippen molar-refractivity contribution in [1.82, 2.24) is 10.2 Å². The minimum atomic E-state index is -1.17. The van der Waals surface area contributed by atoms with Crippen LogP contribution in [0.1, 0.15) is 19.3 Å². The summed E-state index contributed by atoms with van der Waals surface area (Å²) in [6, 6.07) is -0.918. The van der Waals surface area contributed by atoms with Gasteiger partial charge in [0.25, 0.3) is 0 Å². The third-order valence-corrected chi connectivity index (χ3v) is 3.11. The van der Waals surface area contributed by atoms with Gasteiger partial charge in [-0.05, 0) is 24.8 Å². The zero-order chi connectivity index (χ0) is 13.7. The highest BCUT2D eigenvalue weighted by Gasteiger charge is 2.34. The molecule has 0 heterocycles. The second-order valence-corrected chi connectivity index (χ2v) is 4.57. The summed E-state index contributed by atoms with van der Waals surface area (Å²) in [5, 5.41) is 14.7. The Kier molecular flexibility index (Phi) is 4.79. The molecule has 8 nitrogen and oxygen atoms in total. The quantitative estimate of drug-likeness (QED) is 0.447. The van der Waals surface area contributed by atoms with E-state index < -0.39 is 18.2 Å². The first-order chi connectivity index (χ1) is 8.45. The number of rotatable bonds is 3. The largest absolute Gasteiger partial charge is 0.465 e. The highest BCUT2D eigenvalue weighted by molar-refractivity contribution is 5.78. The van der Waals surface area contributed by atoms with Crippen molar-refractivity contribution in [1.29, 1.82) is 0 Å². The van der Waals surface area contributed by atoms with Gasteiger partial charge in [-0.3, -0.25) is 4.79 Å². The van der Waals surface area contributed by atoms with E-state index in [1.54, 1.807) is 14.1 Å². The Labute approximate surface area is 105 Å². The van der Waals surface area contributed by atoms with Gasteiger partial charge in [0.15, 0.2) is 0 Å². The third-order valence-electron chi connectivity index (χ3n) is 3.11. The number of hydrogen-bond donors (Lipinski definition) is 2. The fraction of sp³-hybridized carbons (Fsp3) is 0.800. The van der Waals surface area contributed by atoms with E-state index in [1.165, 1.54) is 4.90 Å². The van der Waals surface area contributed by atoms with E-state index in [4.69, 9.17) is 10.6 Å². The number of nitrogens with one attached hydrogen (secondary N) is 1. The van der Waals surface area contributed by atoms with E-state index >= 15 is 0 Å². The molecule has 1 aliphatic rings. The number of amides is 2. The molecule has 2 amide bonds. The molecule has 0 aliphatic heterocycles. The Balaban J connectivity index is 2.75. The van der Waals surface area contributed by atoms with Gasteiger partial charge in [0, 0.05) is 31.0 Å². The molecule has 1 fully saturated rings. The van der Waals surface area contributed by atoms with E-state index in [9.17, 15) is 9.59 Å². The molecular formula is C10H17N5O3. The van der Waals surface area contributed by atoms with E-state index in [-0.39, 0.29) is 11.8 Å². The highest BCUT2D eigenvalue weighted by atomic mass is 16.4. The molecule has 0 radical (unpaired) electrons. The fourth-order valence-corrected chi connectivity index (χ4v) is 2.26. The van der Waals surface area contributed by atoms with Crippen molar-refractivity contribution in [3.05, 3.63) is 10.4 Å². The van der Waals surface area contributed by atoms with E-state index in [0.717, 1.165) is 0 Å². The van der Waals surface area contributed by atoms with Crippen LogP contribution in [-0.4, -0.2) is 48.2 Å². The van der Waals surface area contributed by atoms with Gasteiger partial charge in [-0.2, -0.15) is 0 Å². The topological polar surface area (TPSA) is 118 Å². The first-order valence-electron chi connectivity index (χ1n) is 5.70. The normalized spacial score (nSPS) is 26.9. The predicted molar refractivity (Wildman–Crippen MR) is 63.9 cm³/mol. The minimum Gasteiger partial charge on any atom is -0.465 e. The van der Waals surface area contributed by atoms with Crippen molar-refractivity contribution in [2.75, 3.05) is 14.1 Å². The van der Waals surface area contributed by atoms with Crippen LogP contribution >= 0.6 is 0 Å². The lowest BCUT2D eigenvalue weighted by Gasteiger charge is -2.33. The summed E-state index contributed by atoms with van der Waals surface area (Å²) in [6.07, 6.45) is 0.321. The van der Waals surface area contributed by atoms with Crippen molar-refractivity contribution in [3.8, 4) is 0 Å². The van der Waals surface area contributed by atoms with Crippen molar-refractivity contribution >= 4 is 12.0 Å². The molecule has 3 atom stereocenters. The molecule has 8 heteroatoms. The van der Waals surface area contributed by atoms with Gasteiger partial charge < -0.3 is 15.3 Å². The highest BCUT2D eigenvalue weighted by Crippen LogP contribution is 2.28. The van der Waals surface area contributed by atoms with E-state index in [1.807, 2.05) is 0 Å². The predicted octanol–water partition coefficient (Wildman–Crippen LogP) is 1.19. The summed E-state index contributed by atoms with van der Waals surface area (Å²) >= 11 is 0. The first kappa shape index (κ1) is 14.1. The minimum absolute atomic E-state index is 0.0217. The number of carbonyl (C=O) groups is 2. The summed E-state index contributed by atoms with van der Waals surface area (Å²) in [7, 11) is 3.34. The number of hydrogen-bond acceptors (Lipinski definition) is 3. The maximum Gasteiger partial charge on any atom is 0.404 e. The van der Waals surface area contributed by atoms with Crippen LogP contribution in [0.25, 0.3) is 10.4 Å². The molecule has 1 saturated carbocycles. The van der Waals surface area contributed by atoms with Gasteiger partial charge in [-0.15, -0.1) is 0 Å². The summed E-state index contributed by atoms with van der Waals surface area (Å²) in [6.45, 7) is 0. The van der Waals surface area contributed by atoms with Crippen molar-refractivity contribution in [3.63, 3.8) is 0 Å². The third kappa shape index (κ3) is 3.53. The Hall–Kier alpha value is -1.95. The van der Waals surface area contributed by atoms with Gasteiger partial charge >= 0.3 is 6.09 Å². The molecule has 0 spiro atoms. The Morgan fingerprint density at radius 3 is 2.61 bits per heavy atom. The van der Waals surface area contributed by atoms with Crippen LogP contribution in [-0.2, 0) is 4.79 Å². The fourth-order valence-electron chi connectivity index (χ4n) is 2.26. The van der Waals surface area contributed by atoms with Crippen LogP contribution in [0.15, 0.2) is 5.11 Å². The molecule has 2 N–H and O–H groups in total. The first-order valence-corrected chi connectivity index (χ1v) is 5.70. The van der Waals surface area contributed by atoms with Crippen LogP contribution in [0.4, 0.5) is 4.79 Å². The van der Waals surface area contributed by atoms with Gasteiger partial charge in [0.05, 0.1) is 6.04 Å². The smallest absolute Gasteiger partial charge is 0.404 e. The Morgan fingerprint density at radius 2 is 2.11 bits per heavy atom. The van der Waals surface area contributed by atoms with Crippen molar-refractivity contribution < 1.29 is 14.7 Å². The molecule has 18 heavy (non-hydrogen) atoms. The van der Waals surface area contributed by atoms with Crippen LogP contribution in [0.5, 0.6) is 0 Å². The monoisotopic (exact) mass is 255 g/mol. The molecule has 0 bridgehead atoms. The molecular weight excluding hydrogens is 238 g/mol. The van der Waals surface area contributed by atoms with Crippen molar-refractivity contribution in [2.45, 2.75) is 31.3 Å². The second-order valence-electron chi connectivity index (χ2n) is 4.57. The van der Waals surface area contributed by atoms with Crippen LogP contribution in [0.2, 0.25) is 0 Å². The molecule has 0 aromatic rings. The van der Waals surface area contributed by atoms with Crippen LogP contribution in [0.3, 0.4) is 0 Å². The molecule has 1 aliphatic carbocycles. The van der Waals surface area contributed by atoms with Crippen molar-refractivity contribution in [2.24, 2.45) is 11.0 Å². The van der Waals surface area contributed by atoms with Gasteiger partial charge in [-0.1, -0.05) is 5.11 Å².